The molecule has 1 saturated heterocycles. The van der Waals surface area contributed by atoms with Crippen molar-refractivity contribution in [3.8, 4) is 11.3 Å². The van der Waals surface area contributed by atoms with E-state index in [1.807, 2.05) is 25.4 Å². The predicted octanol–water partition coefficient (Wildman–Crippen LogP) is 1.28. The number of aryl methyl sites for hydroxylation is 1. The predicted molar refractivity (Wildman–Crippen MR) is 77.3 cm³/mol. The highest BCUT2D eigenvalue weighted by molar-refractivity contribution is 5.80. The van der Waals surface area contributed by atoms with E-state index in [1.165, 1.54) is 0 Å². The van der Waals surface area contributed by atoms with E-state index >= 15 is 0 Å². The summed E-state index contributed by atoms with van der Waals surface area (Å²) in [7, 11) is 1.87. The van der Waals surface area contributed by atoms with Gasteiger partial charge in [0.05, 0.1) is 11.9 Å². The molecule has 1 N–H and O–H groups in total. The van der Waals surface area contributed by atoms with E-state index in [1.54, 1.807) is 17.1 Å². The molecule has 0 saturated carbocycles. The van der Waals surface area contributed by atoms with Crippen molar-refractivity contribution in [1.29, 1.82) is 0 Å². The van der Waals surface area contributed by atoms with Gasteiger partial charge in [0.15, 0.2) is 0 Å². The van der Waals surface area contributed by atoms with Gasteiger partial charge in [0.1, 0.15) is 6.10 Å². The molecule has 0 aliphatic carbocycles. The minimum absolute atomic E-state index is 0.0350. The Morgan fingerprint density at radius 3 is 3.19 bits per heavy atom. The van der Waals surface area contributed by atoms with Gasteiger partial charge in [0.25, 0.3) is 0 Å². The van der Waals surface area contributed by atoms with E-state index in [4.69, 9.17) is 4.74 Å². The highest BCUT2D eigenvalue weighted by atomic mass is 16.5. The normalized spacial score (nSPS) is 17.9. The van der Waals surface area contributed by atoms with Crippen LogP contribution in [-0.2, 0) is 23.1 Å². The maximum Gasteiger partial charge on any atom is 0.249 e. The number of rotatable bonds is 4. The molecule has 0 bridgehead atoms. The van der Waals surface area contributed by atoms with Gasteiger partial charge >= 0.3 is 0 Å². The van der Waals surface area contributed by atoms with Crippen molar-refractivity contribution in [1.82, 2.24) is 20.1 Å². The molecule has 6 heteroatoms. The standard InChI is InChI=1S/C15H18N4O2/c1-19-10-12(9-18-19)13-7-11(4-5-16-13)8-17-15(20)14-3-2-6-21-14/h4-5,7,9-10,14H,2-3,6,8H2,1H3,(H,17,20). The zero-order valence-electron chi connectivity index (χ0n) is 12.0. The lowest BCUT2D eigenvalue weighted by atomic mass is 10.1. The van der Waals surface area contributed by atoms with Crippen molar-refractivity contribution < 1.29 is 9.53 Å². The zero-order chi connectivity index (χ0) is 14.7. The molecule has 3 rings (SSSR count). The van der Waals surface area contributed by atoms with Gasteiger partial charge < -0.3 is 10.1 Å². The Kier molecular flexibility index (Phi) is 3.96. The van der Waals surface area contributed by atoms with Crippen LogP contribution in [0.25, 0.3) is 11.3 Å². The van der Waals surface area contributed by atoms with Crippen LogP contribution in [0.5, 0.6) is 0 Å². The molecular weight excluding hydrogens is 268 g/mol. The van der Waals surface area contributed by atoms with Crippen LogP contribution in [0.1, 0.15) is 18.4 Å². The smallest absolute Gasteiger partial charge is 0.249 e. The van der Waals surface area contributed by atoms with Crippen LogP contribution in [0, 0.1) is 0 Å². The molecule has 21 heavy (non-hydrogen) atoms. The molecule has 3 heterocycles. The number of nitrogens with zero attached hydrogens (tertiary/aromatic N) is 3. The van der Waals surface area contributed by atoms with E-state index in [-0.39, 0.29) is 12.0 Å². The number of nitrogens with one attached hydrogen (secondary N) is 1. The summed E-state index contributed by atoms with van der Waals surface area (Å²) in [5, 5.41) is 7.05. The number of hydrogen-bond donors (Lipinski definition) is 1. The summed E-state index contributed by atoms with van der Waals surface area (Å²) in [6.45, 7) is 1.16. The number of amides is 1. The maximum atomic E-state index is 11.9. The lowest BCUT2D eigenvalue weighted by Crippen LogP contribution is -2.33. The highest BCUT2D eigenvalue weighted by Crippen LogP contribution is 2.17. The van der Waals surface area contributed by atoms with Crippen molar-refractivity contribution in [3.63, 3.8) is 0 Å². The molecule has 110 valence electrons. The molecular formula is C15H18N4O2. The van der Waals surface area contributed by atoms with Gasteiger partial charge in [-0.05, 0) is 30.5 Å². The minimum Gasteiger partial charge on any atom is -0.368 e. The van der Waals surface area contributed by atoms with Gasteiger partial charge in [-0.15, -0.1) is 0 Å². The Morgan fingerprint density at radius 2 is 2.48 bits per heavy atom. The third-order valence-electron chi connectivity index (χ3n) is 3.51. The average molecular weight is 286 g/mol. The SMILES string of the molecule is Cn1cc(-c2cc(CNC(=O)C3CCCO3)ccn2)cn1. The number of aromatic nitrogens is 3. The Morgan fingerprint density at radius 1 is 1.57 bits per heavy atom. The summed E-state index contributed by atoms with van der Waals surface area (Å²) >= 11 is 0. The van der Waals surface area contributed by atoms with Crippen molar-refractivity contribution in [2.75, 3.05) is 6.61 Å². The second-order valence-corrected chi connectivity index (χ2v) is 5.17. The molecule has 1 aliphatic heterocycles. The summed E-state index contributed by atoms with van der Waals surface area (Å²) in [5.41, 5.74) is 2.83. The van der Waals surface area contributed by atoms with E-state index in [0.717, 1.165) is 29.7 Å². The summed E-state index contributed by atoms with van der Waals surface area (Å²) in [6, 6.07) is 3.86. The van der Waals surface area contributed by atoms with Gasteiger partial charge in [-0.2, -0.15) is 5.10 Å². The number of carbonyl (C=O) groups is 1. The summed E-state index contributed by atoms with van der Waals surface area (Å²) in [6.07, 6.45) is 6.91. The van der Waals surface area contributed by atoms with Crippen LogP contribution in [-0.4, -0.2) is 33.4 Å². The van der Waals surface area contributed by atoms with Gasteiger partial charge in [-0.1, -0.05) is 0 Å². The fraction of sp³-hybridized carbons (Fsp3) is 0.400. The third kappa shape index (κ3) is 3.28. The summed E-state index contributed by atoms with van der Waals surface area (Å²) in [5.74, 6) is -0.0350. The van der Waals surface area contributed by atoms with Gasteiger partial charge in [-0.3, -0.25) is 14.5 Å². The van der Waals surface area contributed by atoms with Crippen molar-refractivity contribution in [2.45, 2.75) is 25.5 Å². The minimum atomic E-state index is -0.287. The number of ether oxygens (including phenoxy) is 1. The third-order valence-corrected chi connectivity index (χ3v) is 3.51. The first kappa shape index (κ1) is 13.8. The van der Waals surface area contributed by atoms with Crippen LogP contribution in [0.4, 0.5) is 0 Å². The topological polar surface area (TPSA) is 69.0 Å². The average Bonchev–Trinajstić information content (AvgIpc) is 3.16. The second-order valence-electron chi connectivity index (χ2n) is 5.17. The maximum absolute atomic E-state index is 11.9. The van der Waals surface area contributed by atoms with Gasteiger partial charge in [-0.25, -0.2) is 0 Å². The summed E-state index contributed by atoms with van der Waals surface area (Å²) in [4.78, 5) is 16.2. The monoisotopic (exact) mass is 286 g/mol. The Balaban J connectivity index is 1.64. The Bertz CT molecular complexity index is 632. The number of pyridine rings is 1. The molecule has 0 spiro atoms. The first-order valence-corrected chi connectivity index (χ1v) is 7.05. The molecule has 1 amide bonds. The lowest BCUT2D eigenvalue weighted by Gasteiger charge is -2.10. The fourth-order valence-electron chi connectivity index (χ4n) is 2.38. The van der Waals surface area contributed by atoms with Crippen LogP contribution < -0.4 is 5.32 Å². The molecule has 1 unspecified atom stereocenters. The molecule has 0 radical (unpaired) electrons. The molecule has 2 aromatic heterocycles. The Hall–Kier alpha value is -2.21. The van der Waals surface area contributed by atoms with Crippen LogP contribution in [0.3, 0.4) is 0 Å². The first-order chi connectivity index (χ1) is 10.2. The van der Waals surface area contributed by atoms with E-state index < -0.39 is 0 Å². The zero-order valence-corrected chi connectivity index (χ0v) is 12.0. The molecule has 1 aliphatic rings. The van der Waals surface area contributed by atoms with Gasteiger partial charge in [0.2, 0.25) is 5.91 Å². The van der Waals surface area contributed by atoms with E-state index in [0.29, 0.717) is 13.2 Å². The molecule has 1 fully saturated rings. The second kappa shape index (κ2) is 6.05. The molecule has 0 aromatic carbocycles. The van der Waals surface area contributed by atoms with Crippen molar-refractivity contribution in [2.24, 2.45) is 7.05 Å². The van der Waals surface area contributed by atoms with Crippen molar-refractivity contribution >= 4 is 5.91 Å². The molecule has 6 nitrogen and oxygen atoms in total. The molecule has 2 aromatic rings. The lowest BCUT2D eigenvalue weighted by molar-refractivity contribution is -0.130. The molecule has 1 atom stereocenters. The van der Waals surface area contributed by atoms with Gasteiger partial charge in [0, 0.05) is 38.2 Å². The Labute approximate surface area is 123 Å². The van der Waals surface area contributed by atoms with Crippen molar-refractivity contribution in [3.05, 3.63) is 36.3 Å². The summed E-state index contributed by atoms with van der Waals surface area (Å²) < 4.78 is 7.10. The fourth-order valence-corrected chi connectivity index (χ4v) is 2.38. The van der Waals surface area contributed by atoms with Crippen LogP contribution >= 0.6 is 0 Å². The quantitative estimate of drug-likeness (QED) is 0.919. The van der Waals surface area contributed by atoms with E-state index in [9.17, 15) is 4.79 Å². The van der Waals surface area contributed by atoms with Crippen LogP contribution in [0.15, 0.2) is 30.7 Å². The van der Waals surface area contributed by atoms with Crippen LogP contribution in [0.2, 0.25) is 0 Å². The van der Waals surface area contributed by atoms with E-state index in [2.05, 4.69) is 15.4 Å². The number of carbonyl (C=O) groups excluding carboxylic acids is 1. The first-order valence-electron chi connectivity index (χ1n) is 7.05. The highest BCUT2D eigenvalue weighted by Gasteiger charge is 2.22. The largest absolute Gasteiger partial charge is 0.368 e. The number of hydrogen-bond acceptors (Lipinski definition) is 4.